The lowest BCUT2D eigenvalue weighted by molar-refractivity contribution is -0.347. The lowest BCUT2D eigenvalue weighted by Gasteiger charge is -2.46. The summed E-state index contributed by atoms with van der Waals surface area (Å²) in [5.74, 6) is 0.587. The number of hydrogen-bond donors (Lipinski definition) is 0. The second-order valence-electron chi connectivity index (χ2n) is 8.36. The van der Waals surface area contributed by atoms with Gasteiger partial charge in [0.15, 0.2) is 18.6 Å². The maximum atomic E-state index is 15.9. The molecule has 5 rings (SSSR count). The quantitative estimate of drug-likeness (QED) is 0.521. The molecule has 0 saturated carbocycles. The maximum Gasteiger partial charge on any atom is 0.229 e. The molecule has 2 heterocycles. The molecule has 6 heteroatoms. The summed E-state index contributed by atoms with van der Waals surface area (Å²) in [5.41, 5.74) is 2.88. The van der Waals surface area contributed by atoms with Crippen molar-refractivity contribution in [3.05, 3.63) is 102 Å². The van der Waals surface area contributed by atoms with Crippen LogP contribution in [0.5, 0.6) is 5.75 Å². The minimum atomic E-state index is -1.46. The molecule has 2 fully saturated rings. The van der Waals surface area contributed by atoms with Gasteiger partial charge in [0.05, 0.1) is 13.2 Å². The van der Waals surface area contributed by atoms with Crippen molar-refractivity contribution in [1.82, 2.24) is 0 Å². The van der Waals surface area contributed by atoms with E-state index in [9.17, 15) is 0 Å². The molecule has 2 aliphatic heterocycles. The second kappa shape index (κ2) is 10.0. The molecule has 2 saturated heterocycles. The van der Waals surface area contributed by atoms with E-state index < -0.39 is 37.1 Å². The fourth-order valence-corrected chi connectivity index (χ4v) is 4.10. The van der Waals surface area contributed by atoms with E-state index in [1.807, 2.05) is 91.9 Å². The van der Waals surface area contributed by atoms with Crippen LogP contribution in [0, 0.1) is 6.92 Å². The van der Waals surface area contributed by atoms with E-state index in [1.165, 1.54) is 0 Å². The predicted molar refractivity (Wildman–Crippen MR) is 120 cm³/mol. The highest BCUT2D eigenvalue weighted by Gasteiger charge is 2.52. The fraction of sp³-hybridized carbons (Fsp3) is 0.333. The number of fused-ring (bicyclic) bond motifs is 1. The lowest BCUT2D eigenvalue weighted by Crippen LogP contribution is -2.62. The molecule has 0 aliphatic carbocycles. The highest BCUT2D eigenvalue weighted by Crippen LogP contribution is 2.37. The van der Waals surface area contributed by atoms with Gasteiger partial charge in [0, 0.05) is 5.56 Å². The Morgan fingerprint density at radius 1 is 0.879 bits per heavy atom. The first kappa shape index (κ1) is 22.0. The molecular weight excluding hydrogens is 423 g/mol. The van der Waals surface area contributed by atoms with Crippen LogP contribution in [0.25, 0.3) is 0 Å². The zero-order chi connectivity index (χ0) is 22.6. The van der Waals surface area contributed by atoms with Crippen molar-refractivity contribution in [3.8, 4) is 5.75 Å². The Labute approximate surface area is 193 Å². The maximum absolute atomic E-state index is 15.9. The molecule has 5 nitrogen and oxygen atoms in total. The number of hydrogen-bond acceptors (Lipinski definition) is 5. The van der Waals surface area contributed by atoms with Gasteiger partial charge in [-0.05, 0) is 24.6 Å². The molecule has 0 N–H and O–H groups in total. The second-order valence-corrected chi connectivity index (χ2v) is 8.36. The van der Waals surface area contributed by atoms with Crippen molar-refractivity contribution < 1.29 is 28.1 Å². The zero-order valence-electron chi connectivity index (χ0n) is 18.4. The molecule has 0 amide bonds. The Morgan fingerprint density at radius 2 is 1.58 bits per heavy atom. The van der Waals surface area contributed by atoms with Gasteiger partial charge < -0.3 is 23.7 Å². The van der Waals surface area contributed by atoms with Crippen molar-refractivity contribution in [2.75, 3.05) is 6.61 Å². The molecule has 0 aromatic heterocycles. The van der Waals surface area contributed by atoms with Crippen LogP contribution in [0.1, 0.15) is 23.0 Å². The van der Waals surface area contributed by atoms with Gasteiger partial charge in [-0.15, -0.1) is 0 Å². The summed E-state index contributed by atoms with van der Waals surface area (Å²) >= 11 is 0. The third kappa shape index (κ3) is 5.09. The summed E-state index contributed by atoms with van der Waals surface area (Å²) in [7, 11) is 0. The topological polar surface area (TPSA) is 46.2 Å². The van der Waals surface area contributed by atoms with Gasteiger partial charge in [-0.25, -0.2) is 4.39 Å². The Balaban J connectivity index is 1.35. The van der Waals surface area contributed by atoms with Crippen molar-refractivity contribution >= 4 is 0 Å². The van der Waals surface area contributed by atoms with Crippen molar-refractivity contribution in [3.63, 3.8) is 0 Å². The fourth-order valence-electron chi connectivity index (χ4n) is 4.10. The molecule has 3 aromatic rings. The summed E-state index contributed by atoms with van der Waals surface area (Å²) in [6.45, 7) is 2.43. The highest BCUT2D eigenvalue weighted by atomic mass is 19.1. The summed E-state index contributed by atoms with van der Waals surface area (Å²) in [6, 6.07) is 26.7. The molecule has 6 atom stereocenters. The predicted octanol–water partition coefficient (Wildman–Crippen LogP) is 5.14. The standard InChI is InChI=1S/C27H27FO5/c1-18-12-14-21(15-13-18)31-27-25(29-16-19-8-4-2-5-9-19)23(28)24-22(32-27)17-30-26(33-24)20-10-6-3-7-11-20/h2-15,22-27H,16-17H2,1H3/t22?,23?,24-,25?,26?,27?/m1/s1. The monoisotopic (exact) mass is 450 g/mol. The number of benzene rings is 3. The van der Waals surface area contributed by atoms with E-state index >= 15 is 4.39 Å². The SMILES string of the molecule is Cc1ccc(OC2OC3COC(c4ccccc4)O[C@H]3C(F)C2OCc2ccccc2)cc1. The summed E-state index contributed by atoms with van der Waals surface area (Å²) < 4.78 is 46.0. The van der Waals surface area contributed by atoms with Crippen LogP contribution < -0.4 is 4.74 Å². The molecular formula is C27H27FO5. The van der Waals surface area contributed by atoms with E-state index in [2.05, 4.69) is 0 Å². The Hall–Kier alpha value is -2.77. The van der Waals surface area contributed by atoms with E-state index in [0.717, 1.165) is 16.7 Å². The Morgan fingerprint density at radius 3 is 2.30 bits per heavy atom. The average Bonchev–Trinajstić information content (AvgIpc) is 2.86. The number of ether oxygens (including phenoxy) is 5. The van der Waals surface area contributed by atoms with Gasteiger partial charge >= 0.3 is 0 Å². The van der Waals surface area contributed by atoms with E-state index in [4.69, 9.17) is 23.7 Å². The first-order chi connectivity index (χ1) is 16.2. The van der Waals surface area contributed by atoms with E-state index in [0.29, 0.717) is 5.75 Å². The summed E-state index contributed by atoms with van der Waals surface area (Å²) in [4.78, 5) is 0. The van der Waals surface area contributed by atoms with Gasteiger partial charge in [-0.1, -0.05) is 78.4 Å². The Bertz CT molecular complexity index is 1010. The molecule has 33 heavy (non-hydrogen) atoms. The lowest BCUT2D eigenvalue weighted by atomic mass is 9.98. The van der Waals surface area contributed by atoms with Gasteiger partial charge in [-0.2, -0.15) is 0 Å². The van der Waals surface area contributed by atoms with Crippen molar-refractivity contribution in [1.29, 1.82) is 0 Å². The van der Waals surface area contributed by atoms with Crippen molar-refractivity contribution in [2.45, 2.75) is 50.6 Å². The van der Waals surface area contributed by atoms with Gasteiger partial charge in [0.25, 0.3) is 0 Å². The van der Waals surface area contributed by atoms with Crippen LogP contribution in [-0.4, -0.2) is 37.4 Å². The smallest absolute Gasteiger partial charge is 0.229 e. The van der Waals surface area contributed by atoms with Crippen LogP contribution in [0.4, 0.5) is 4.39 Å². The first-order valence-electron chi connectivity index (χ1n) is 11.2. The first-order valence-corrected chi connectivity index (χ1v) is 11.2. The van der Waals surface area contributed by atoms with Gasteiger partial charge in [0.1, 0.15) is 18.0 Å². The number of halogens is 1. The van der Waals surface area contributed by atoms with Crippen LogP contribution in [-0.2, 0) is 25.6 Å². The normalized spacial score (nSPS) is 29.3. The molecule has 0 bridgehead atoms. The third-order valence-corrected chi connectivity index (χ3v) is 5.89. The minimum absolute atomic E-state index is 0.198. The van der Waals surface area contributed by atoms with Crippen LogP contribution in [0.2, 0.25) is 0 Å². The average molecular weight is 451 g/mol. The van der Waals surface area contributed by atoms with Crippen LogP contribution in [0.3, 0.4) is 0 Å². The van der Waals surface area contributed by atoms with Crippen molar-refractivity contribution in [2.24, 2.45) is 0 Å². The van der Waals surface area contributed by atoms with E-state index in [-0.39, 0.29) is 13.2 Å². The molecule has 2 aliphatic rings. The largest absolute Gasteiger partial charge is 0.462 e. The highest BCUT2D eigenvalue weighted by molar-refractivity contribution is 5.26. The molecule has 0 spiro atoms. The van der Waals surface area contributed by atoms with E-state index in [1.54, 1.807) is 0 Å². The summed E-state index contributed by atoms with van der Waals surface area (Å²) in [6.07, 6.45) is -5.46. The van der Waals surface area contributed by atoms with Gasteiger partial charge in [0.2, 0.25) is 6.29 Å². The number of alkyl halides is 1. The molecule has 172 valence electrons. The minimum Gasteiger partial charge on any atom is -0.462 e. The van der Waals surface area contributed by atoms with Crippen LogP contribution >= 0.6 is 0 Å². The number of rotatable bonds is 6. The molecule has 5 unspecified atom stereocenters. The van der Waals surface area contributed by atoms with Gasteiger partial charge in [-0.3, -0.25) is 0 Å². The zero-order valence-corrected chi connectivity index (χ0v) is 18.4. The Kier molecular flexibility index (Phi) is 6.69. The summed E-state index contributed by atoms with van der Waals surface area (Å²) in [5, 5.41) is 0. The van der Waals surface area contributed by atoms with Crippen LogP contribution in [0.15, 0.2) is 84.9 Å². The molecule has 3 aromatic carbocycles. The number of aryl methyl sites for hydroxylation is 1. The molecule has 0 radical (unpaired) electrons. The third-order valence-electron chi connectivity index (χ3n) is 5.89.